The first-order valence-electron chi connectivity index (χ1n) is 7.40. The van der Waals surface area contributed by atoms with Crippen molar-refractivity contribution in [2.45, 2.75) is 18.6 Å². The largest absolute Gasteiger partial charge is 0.497 e. The van der Waals surface area contributed by atoms with Gasteiger partial charge in [-0.15, -0.1) is 0 Å². The Morgan fingerprint density at radius 1 is 1.30 bits per heavy atom. The fourth-order valence-corrected chi connectivity index (χ4v) is 3.09. The summed E-state index contributed by atoms with van der Waals surface area (Å²) in [6.45, 7) is 0.405. The highest BCUT2D eigenvalue weighted by molar-refractivity contribution is 5.61. The summed E-state index contributed by atoms with van der Waals surface area (Å²) >= 11 is 0. The molecule has 0 radical (unpaired) electrons. The molecule has 0 bridgehead atoms. The summed E-state index contributed by atoms with van der Waals surface area (Å²) in [5.74, 6) is 0.298. The molecule has 0 spiro atoms. The maximum Gasteiger partial charge on any atom is 0.124 e. The number of methoxy groups -OCH3 is 1. The quantitative estimate of drug-likeness (QED) is 0.946. The second-order valence-corrected chi connectivity index (χ2v) is 5.61. The molecule has 0 saturated carbocycles. The highest BCUT2D eigenvalue weighted by Crippen LogP contribution is 2.38. The Morgan fingerprint density at radius 3 is 2.87 bits per heavy atom. The SMILES string of the molecule is COc1cccc([C@@H]2C[C@@H](O)CN2c2ccc(F)cc2C#N)c1. The minimum absolute atomic E-state index is 0.0855. The zero-order valence-electron chi connectivity index (χ0n) is 12.7. The standard InChI is InChI=1S/C18H17FN2O2/c1-23-16-4-2-3-12(8-16)18-9-15(22)11-21(18)17-6-5-14(19)7-13(17)10-20/h2-8,15,18,22H,9,11H2,1H3/t15-,18+/m1/s1. The average molecular weight is 312 g/mol. The summed E-state index contributed by atoms with van der Waals surface area (Å²) in [5, 5.41) is 19.4. The van der Waals surface area contributed by atoms with E-state index in [0.717, 1.165) is 11.3 Å². The zero-order chi connectivity index (χ0) is 16.4. The number of hydrogen-bond donors (Lipinski definition) is 1. The Balaban J connectivity index is 2.02. The van der Waals surface area contributed by atoms with Crippen LogP contribution in [0.15, 0.2) is 42.5 Å². The number of aliphatic hydroxyl groups is 1. The van der Waals surface area contributed by atoms with Crippen LogP contribution in [0.1, 0.15) is 23.6 Å². The van der Waals surface area contributed by atoms with Crippen molar-refractivity contribution in [1.29, 1.82) is 5.26 Å². The number of ether oxygens (including phenoxy) is 1. The molecule has 23 heavy (non-hydrogen) atoms. The van der Waals surface area contributed by atoms with Gasteiger partial charge in [-0.3, -0.25) is 0 Å². The third-order valence-electron chi connectivity index (χ3n) is 4.15. The third kappa shape index (κ3) is 2.99. The smallest absolute Gasteiger partial charge is 0.124 e. The van der Waals surface area contributed by atoms with Gasteiger partial charge in [0.1, 0.15) is 17.6 Å². The summed E-state index contributed by atoms with van der Waals surface area (Å²) in [4.78, 5) is 1.96. The molecule has 1 aliphatic rings. The van der Waals surface area contributed by atoms with E-state index < -0.39 is 11.9 Å². The van der Waals surface area contributed by atoms with Gasteiger partial charge < -0.3 is 14.7 Å². The molecule has 2 atom stereocenters. The van der Waals surface area contributed by atoms with Crippen molar-refractivity contribution in [2.24, 2.45) is 0 Å². The maximum absolute atomic E-state index is 13.4. The van der Waals surface area contributed by atoms with Crippen LogP contribution in [0, 0.1) is 17.1 Å². The van der Waals surface area contributed by atoms with Crippen LogP contribution in [0.5, 0.6) is 5.75 Å². The lowest BCUT2D eigenvalue weighted by molar-refractivity contribution is 0.194. The molecule has 1 heterocycles. The predicted octanol–water partition coefficient (Wildman–Crippen LogP) is 3.02. The monoisotopic (exact) mass is 312 g/mol. The number of β-amino-alcohol motifs (C(OH)–C–C–N with tert-alkyl or cyclic N) is 1. The number of anilines is 1. The second kappa shape index (κ2) is 6.27. The van der Waals surface area contributed by atoms with Gasteiger partial charge >= 0.3 is 0 Å². The van der Waals surface area contributed by atoms with Crippen LogP contribution in [0.25, 0.3) is 0 Å². The Bertz CT molecular complexity index is 757. The Kier molecular flexibility index (Phi) is 4.18. The summed E-state index contributed by atoms with van der Waals surface area (Å²) in [7, 11) is 1.61. The third-order valence-corrected chi connectivity index (χ3v) is 4.15. The number of halogens is 1. The number of aliphatic hydroxyl groups excluding tert-OH is 1. The molecule has 1 aliphatic heterocycles. The fourth-order valence-electron chi connectivity index (χ4n) is 3.09. The number of benzene rings is 2. The number of hydrogen-bond acceptors (Lipinski definition) is 4. The van der Waals surface area contributed by atoms with Gasteiger partial charge in [-0.1, -0.05) is 12.1 Å². The van der Waals surface area contributed by atoms with E-state index in [-0.39, 0.29) is 11.6 Å². The van der Waals surface area contributed by atoms with Crippen molar-refractivity contribution in [3.8, 4) is 11.8 Å². The first-order valence-corrected chi connectivity index (χ1v) is 7.40. The average Bonchev–Trinajstić information content (AvgIpc) is 2.96. The number of nitriles is 1. The lowest BCUT2D eigenvalue weighted by Gasteiger charge is -2.28. The molecule has 1 fully saturated rings. The van der Waals surface area contributed by atoms with Crippen LogP contribution in [0.3, 0.4) is 0 Å². The molecule has 0 aromatic heterocycles. The molecule has 0 aliphatic carbocycles. The van der Waals surface area contributed by atoms with Gasteiger partial charge in [-0.05, 0) is 42.3 Å². The zero-order valence-corrected chi connectivity index (χ0v) is 12.7. The van der Waals surface area contributed by atoms with E-state index in [0.29, 0.717) is 18.7 Å². The second-order valence-electron chi connectivity index (χ2n) is 5.61. The van der Waals surface area contributed by atoms with Crippen LogP contribution < -0.4 is 9.64 Å². The molecule has 118 valence electrons. The van der Waals surface area contributed by atoms with Gasteiger partial charge in [0.25, 0.3) is 0 Å². The van der Waals surface area contributed by atoms with Crippen molar-refractivity contribution in [3.05, 3.63) is 59.4 Å². The fraction of sp³-hybridized carbons (Fsp3) is 0.278. The van der Waals surface area contributed by atoms with Gasteiger partial charge in [-0.25, -0.2) is 4.39 Å². The van der Waals surface area contributed by atoms with Gasteiger partial charge in [0.2, 0.25) is 0 Å². The molecule has 2 aromatic carbocycles. The molecule has 1 saturated heterocycles. The van der Waals surface area contributed by atoms with E-state index in [1.54, 1.807) is 13.2 Å². The van der Waals surface area contributed by atoms with Gasteiger partial charge in [0, 0.05) is 6.54 Å². The van der Waals surface area contributed by atoms with Gasteiger partial charge in [0.15, 0.2) is 0 Å². The summed E-state index contributed by atoms with van der Waals surface area (Å²) in [5.41, 5.74) is 1.90. The van der Waals surface area contributed by atoms with E-state index in [1.807, 2.05) is 35.2 Å². The van der Waals surface area contributed by atoms with Crippen LogP contribution >= 0.6 is 0 Å². The van der Waals surface area contributed by atoms with Crippen molar-refractivity contribution < 1.29 is 14.2 Å². The first kappa shape index (κ1) is 15.3. The minimum atomic E-state index is -0.497. The van der Waals surface area contributed by atoms with Gasteiger partial charge in [-0.2, -0.15) is 5.26 Å². The topological polar surface area (TPSA) is 56.5 Å². The van der Waals surface area contributed by atoms with E-state index in [9.17, 15) is 14.8 Å². The van der Waals surface area contributed by atoms with E-state index in [4.69, 9.17) is 4.74 Å². The molecule has 3 rings (SSSR count). The molecular weight excluding hydrogens is 295 g/mol. The lowest BCUT2D eigenvalue weighted by Crippen LogP contribution is -2.25. The Morgan fingerprint density at radius 2 is 2.13 bits per heavy atom. The maximum atomic E-state index is 13.4. The lowest BCUT2D eigenvalue weighted by atomic mass is 10.0. The van der Waals surface area contributed by atoms with Gasteiger partial charge in [0.05, 0.1) is 30.5 Å². The van der Waals surface area contributed by atoms with Crippen molar-refractivity contribution in [1.82, 2.24) is 0 Å². The van der Waals surface area contributed by atoms with Crippen molar-refractivity contribution in [3.63, 3.8) is 0 Å². The van der Waals surface area contributed by atoms with E-state index >= 15 is 0 Å². The minimum Gasteiger partial charge on any atom is -0.497 e. The van der Waals surface area contributed by atoms with E-state index in [2.05, 4.69) is 0 Å². The summed E-state index contributed by atoms with van der Waals surface area (Å²) < 4.78 is 18.6. The molecule has 1 N–H and O–H groups in total. The Labute approximate surface area is 134 Å². The molecule has 5 heteroatoms. The summed E-state index contributed by atoms with van der Waals surface area (Å²) in [6, 6.07) is 13.7. The van der Waals surface area contributed by atoms with Crippen LogP contribution in [-0.2, 0) is 0 Å². The molecule has 4 nitrogen and oxygen atoms in total. The van der Waals surface area contributed by atoms with Crippen molar-refractivity contribution in [2.75, 3.05) is 18.6 Å². The normalized spacial score (nSPS) is 20.3. The highest BCUT2D eigenvalue weighted by atomic mass is 19.1. The first-order chi connectivity index (χ1) is 11.1. The molecular formula is C18H17FN2O2. The Hall–Kier alpha value is -2.58. The van der Waals surface area contributed by atoms with Crippen LogP contribution in [0.4, 0.5) is 10.1 Å². The molecule has 0 unspecified atom stereocenters. The number of rotatable bonds is 3. The molecule has 0 amide bonds. The summed E-state index contributed by atoms with van der Waals surface area (Å²) in [6.07, 6.45) is 0.0536. The van der Waals surface area contributed by atoms with Crippen LogP contribution in [0.2, 0.25) is 0 Å². The highest BCUT2D eigenvalue weighted by Gasteiger charge is 2.33. The molecule has 2 aromatic rings. The number of nitrogens with zero attached hydrogens (tertiary/aromatic N) is 2. The van der Waals surface area contributed by atoms with E-state index in [1.165, 1.54) is 12.1 Å². The predicted molar refractivity (Wildman–Crippen MR) is 84.8 cm³/mol. The van der Waals surface area contributed by atoms with Crippen molar-refractivity contribution >= 4 is 5.69 Å². The van der Waals surface area contributed by atoms with Crippen LogP contribution in [-0.4, -0.2) is 24.9 Å².